The largest absolute Gasteiger partial charge is 0.490 e. The van der Waals surface area contributed by atoms with Crippen LogP contribution in [-0.4, -0.2) is 24.9 Å². The SMILES string of the molecule is CCCOc1c(Br)cc([C@H]2SCC(=O)N2c2ccc(Cl)cc2)cc1OCC. The molecule has 1 amide bonds. The van der Waals surface area contributed by atoms with Crippen LogP contribution in [0.15, 0.2) is 40.9 Å². The standard InChI is InChI=1S/C20H21BrClNO3S/c1-3-9-26-19-16(21)10-13(11-17(19)25-4-2)20-23(18(24)12-27-20)15-7-5-14(22)6-8-15/h5-8,10-11,20H,3-4,9,12H2,1-2H3/t20-/m1/s1. The van der Waals surface area contributed by atoms with Gasteiger partial charge in [0.15, 0.2) is 11.5 Å². The van der Waals surface area contributed by atoms with Crippen molar-refractivity contribution in [3.8, 4) is 11.5 Å². The molecule has 0 spiro atoms. The van der Waals surface area contributed by atoms with Crippen molar-refractivity contribution in [1.82, 2.24) is 0 Å². The lowest BCUT2D eigenvalue weighted by Crippen LogP contribution is -2.27. The van der Waals surface area contributed by atoms with Gasteiger partial charge in [0.1, 0.15) is 5.37 Å². The molecule has 1 aliphatic heterocycles. The van der Waals surface area contributed by atoms with E-state index in [1.165, 1.54) is 0 Å². The summed E-state index contributed by atoms with van der Waals surface area (Å²) in [6.07, 6.45) is 0.914. The number of thioether (sulfide) groups is 1. The molecule has 1 saturated heterocycles. The molecule has 0 unspecified atom stereocenters. The third-order valence-electron chi connectivity index (χ3n) is 4.04. The van der Waals surface area contributed by atoms with Gasteiger partial charge in [-0.25, -0.2) is 0 Å². The molecular formula is C20H21BrClNO3S. The monoisotopic (exact) mass is 469 g/mol. The van der Waals surface area contributed by atoms with E-state index < -0.39 is 0 Å². The molecule has 144 valence electrons. The van der Waals surface area contributed by atoms with Crippen molar-refractivity contribution in [3.63, 3.8) is 0 Å². The summed E-state index contributed by atoms with van der Waals surface area (Å²) in [5.74, 6) is 1.90. The fourth-order valence-corrected chi connectivity index (χ4v) is 4.75. The maximum atomic E-state index is 12.6. The molecule has 27 heavy (non-hydrogen) atoms. The van der Waals surface area contributed by atoms with Gasteiger partial charge < -0.3 is 9.47 Å². The van der Waals surface area contributed by atoms with Crippen LogP contribution in [0.5, 0.6) is 11.5 Å². The van der Waals surface area contributed by atoms with E-state index >= 15 is 0 Å². The maximum Gasteiger partial charge on any atom is 0.238 e. The van der Waals surface area contributed by atoms with Crippen molar-refractivity contribution in [2.45, 2.75) is 25.6 Å². The molecule has 7 heteroatoms. The number of carbonyl (C=O) groups is 1. The lowest BCUT2D eigenvalue weighted by atomic mass is 10.1. The highest BCUT2D eigenvalue weighted by atomic mass is 79.9. The predicted molar refractivity (Wildman–Crippen MR) is 115 cm³/mol. The predicted octanol–water partition coefficient (Wildman–Crippen LogP) is 6.07. The topological polar surface area (TPSA) is 38.8 Å². The molecule has 1 fully saturated rings. The first-order chi connectivity index (χ1) is 13.0. The zero-order valence-corrected chi connectivity index (χ0v) is 18.4. The Kier molecular flexibility index (Phi) is 6.95. The smallest absolute Gasteiger partial charge is 0.238 e. The van der Waals surface area contributed by atoms with E-state index in [-0.39, 0.29) is 11.3 Å². The molecule has 2 aromatic rings. The van der Waals surface area contributed by atoms with Crippen LogP contribution >= 0.6 is 39.3 Å². The van der Waals surface area contributed by atoms with Crippen molar-refractivity contribution in [3.05, 3.63) is 51.5 Å². The lowest BCUT2D eigenvalue weighted by Gasteiger charge is -2.25. The average molecular weight is 471 g/mol. The van der Waals surface area contributed by atoms with Gasteiger partial charge in [0, 0.05) is 10.7 Å². The highest BCUT2D eigenvalue weighted by Crippen LogP contribution is 2.46. The summed E-state index contributed by atoms with van der Waals surface area (Å²) in [7, 11) is 0. The van der Waals surface area contributed by atoms with Gasteiger partial charge in [-0.1, -0.05) is 18.5 Å². The summed E-state index contributed by atoms with van der Waals surface area (Å²) >= 11 is 11.2. The van der Waals surface area contributed by atoms with E-state index in [1.54, 1.807) is 23.9 Å². The van der Waals surface area contributed by atoms with Gasteiger partial charge in [0.2, 0.25) is 5.91 Å². The Morgan fingerprint density at radius 1 is 1.22 bits per heavy atom. The average Bonchev–Trinajstić information content (AvgIpc) is 3.03. The summed E-state index contributed by atoms with van der Waals surface area (Å²) < 4.78 is 12.5. The first-order valence-electron chi connectivity index (χ1n) is 8.83. The van der Waals surface area contributed by atoms with Gasteiger partial charge in [0.25, 0.3) is 0 Å². The van der Waals surface area contributed by atoms with Gasteiger partial charge in [0.05, 0.1) is 23.4 Å². The van der Waals surface area contributed by atoms with Crippen LogP contribution < -0.4 is 14.4 Å². The Hall–Kier alpha value is -1.37. The van der Waals surface area contributed by atoms with Crippen LogP contribution in [0.1, 0.15) is 31.2 Å². The van der Waals surface area contributed by atoms with Crippen LogP contribution in [0.25, 0.3) is 0 Å². The minimum Gasteiger partial charge on any atom is -0.490 e. The van der Waals surface area contributed by atoms with Crippen LogP contribution in [0.3, 0.4) is 0 Å². The van der Waals surface area contributed by atoms with E-state index in [2.05, 4.69) is 22.9 Å². The number of amides is 1. The van der Waals surface area contributed by atoms with Gasteiger partial charge in [-0.2, -0.15) is 0 Å². The number of carbonyl (C=O) groups excluding carboxylic acids is 1. The normalized spacial score (nSPS) is 16.7. The second kappa shape index (κ2) is 9.22. The summed E-state index contributed by atoms with van der Waals surface area (Å²) in [5.41, 5.74) is 1.82. The summed E-state index contributed by atoms with van der Waals surface area (Å²) in [5, 5.41) is 0.516. The van der Waals surface area contributed by atoms with Gasteiger partial charge >= 0.3 is 0 Å². The third-order valence-corrected chi connectivity index (χ3v) is 6.09. The van der Waals surface area contributed by atoms with Crippen LogP contribution in [-0.2, 0) is 4.79 Å². The quantitative estimate of drug-likeness (QED) is 0.492. The third kappa shape index (κ3) is 4.55. The molecule has 2 aromatic carbocycles. The molecule has 0 saturated carbocycles. The maximum absolute atomic E-state index is 12.6. The molecule has 3 rings (SSSR count). The Morgan fingerprint density at radius 3 is 2.63 bits per heavy atom. The van der Waals surface area contributed by atoms with E-state index in [0.717, 1.165) is 22.1 Å². The summed E-state index contributed by atoms with van der Waals surface area (Å²) in [4.78, 5) is 14.4. The summed E-state index contributed by atoms with van der Waals surface area (Å²) in [6.45, 7) is 5.16. The molecule has 0 aliphatic carbocycles. The van der Waals surface area contributed by atoms with E-state index in [9.17, 15) is 4.79 Å². The van der Waals surface area contributed by atoms with E-state index in [1.807, 2.05) is 36.1 Å². The Balaban J connectivity index is 1.98. The number of hydrogen-bond acceptors (Lipinski definition) is 4. The highest BCUT2D eigenvalue weighted by molar-refractivity contribution is 9.10. The van der Waals surface area contributed by atoms with Gasteiger partial charge in [-0.3, -0.25) is 9.69 Å². The first kappa shape index (κ1) is 20.4. The number of hydrogen-bond donors (Lipinski definition) is 0. The molecule has 0 aromatic heterocycles. The van der Waals surface area contributed by atoms with Crippen molar-refractivity contribution in [1.29, 1.82) is 0 Å². The fraction of sp³-hybridized carbons (Fsp3) is 0.350. The molecule has 1 aliphatic rings. The molecule has 4 nitrogen and oxygen atoms in total. The molecule has 0 N–H and O–H groups in total. The van der Waals surface area contributed by atoms with Gasteiger partial charge in [-0.05, 0) is 71.2 Å². The van der Waals surface area contributed by atoms with Gasteiger partial charge in [-0.15, -0.1) is 11.8 Å². The van der Waals surface area contributed by atoms with E-state index in [0.29, 0.717) is 35.5 Å². The zero-order valence-electron chi connectivity index (χ0n) is 15.2. The molecule has 1 atom stereocenters. The summed E-state index contributed by atoms with van der Waals surface area (Å²) in [6, 6.07) is 11.3. The Labute approximate surface area is 177 Å². The number of anilines is 1. The van der Waals surface area contributed by atoms with E-state index in [4.69, 9.17) is 21.1 Å². The molecule has 0 radical (unpaired) electrons. The zero-order chi connectivity index (χ0) is 19.4. The molecular weight excluding hydrogens is 450 g/mol. The highest BCUT2D eigenvalue weighted by Gasteiger charge is 2.35. The lowest BCUT2D eigenvalue weighted by molar-refractivity contribution is -0.115. The van der Waals surface area contributed by atoms with Crippen LogP contribution in [0, 0.1) is 0 Å². The number of benzene rings is 2. The van der Waals surface area contributed by atoms with Crippen molar-refractivity contribution in [2.24, 2.45) is 0 Å². The molecule has 1 heterocycles. The number of ether oxygens (including phenoxy) is 2. The van der Waals surface area contributed by atoms with Crippen LogP contribution in [0.2, 0.25) is 5.02 Å². The Morgan fingerprint density at radius 2 is 1.96 bits per heavy atom. The van der Waals surface area contributed by atoms with Crippen molar-refractivity contribution in [2.75, 3.05) is 23.9 Å². The fourth-order valence-electron chi connectivity index (χ4n) is 2.89. The Bertz CT molecular complexity index is 816. The molecule has 0 bridgehead atoms. The first-order valence-corrected chi connectivity index (χ1v) is 11.0. The minimum atomic E-state index is -0.130. The minimum absolute atomic E-state index is 0.0766. The second-order valence-corrected chi connectivity index (χ2v) is 8.37. The van der Waals surface area contributed by atoms with Crippen LogP contribution in [0.4, 0.5) is 5.69 Å². The number of rotatable bonds is 7. The van der Waals surface area contributed by atoms with Crippen molar-refractivity contribution >= 4 is 50.9 Å². The second-order valence-electron chi connectivity index (χ2n) is 6.01. The van der Waals surface area contributed by atoms with Crippen molar-refractivity contribution < 1.29 is 14.3 Å². The number of nitrogens with zero attached hydrogens (tertiary/aromatic N) is 1. The number of halogens is 2.